The summed E-state index contributed by atoms with van der Waals surface area (Å²) in [6.45, 7) is 6.54. The molecule has 1 saturated heterocycles. The van der Waals surface area contributed by atoms with Crippen molar-refractivity contribution in [3.05, 3.63) is 21.3 Å². The topological polar surface area (TPSA) is 15.3 Å². The van der Waals surface area contributed by atoms with Crippen LogP contribution in [0.3, 0.4) is 0 Å². The summed E-state index contributed by atoms with van der Waals surface area (Å²) in [5.41, 5.74) is 1.27. The molecule has 1 aliphatic heterocycles. The van der Waals surface area contributed by atoms with Crippen molar-refractivity contribution in [3.63, 3.8) is 0 Å². The summed E-state index contributed by atoms with van der Waals surface area (Å²) < 4.78 is 0. The fourth-order valence-corrected chi connectivity index (χ4v) is 2.86. The Morgan fingerprint density at radius 1 is 1.60 bits per heavy atom. The molecular weight excluding hydrogens is 251 g/mol. The third-order valence-corrected chi connectivity index (χ3v) is 3.81. The van der Waals surface area contributed by atoms with Crippen molar-refractivity contribution in [2.75, 3.05) is 19.6 Å². The number of piperazine rings is 1. The van der Waals surface area contributed by atoms with Crippen LogP contribution in [0.4, 0.5) is 0 Å². The molecule has 0 spiro atoms. The molecule has 1 N–H and O–H groups in total. The summed E-state index contributed by atoms with van der Waals surface area (Å²) in [6, 6.07) is 0.598. The van der Waals surface area contributed by atoms with Gasteiger partial charge in [-0.2, -0.15) is 11.3 Å². The van der Waals surface area contributed by atoms with E-state index in [1.54, 1.807) is 11.3 Å². The molecule has 0 aliphatic carbocycles. The van der Waals surface area contributed by atoms with Gasteiger partial charge in [-0.3, -0.25) is 4.90 Å². The molecule has 2 heterocycles. The summed E-state index contributed by atoms with van der Waals surface area (Å²) in [6.07, 6.45) is 0. The molecule has 1 aromatic heterocycles. The molecule has 1 atom stereocenters. The Morgan fingerprint density at radius 3 is 3.00 bits per heavy atom. The number of thiophene rings is 1. The molecule has 2 nitrogen and oxygen atoms in total. The van der Waals surface area contributed by atoms with E-state index in [2.05, 4.69) is 22.5 Å². The summed E-state index contributed by atoms with van der Waals surface area (Å²) in [5.74, 6) is 0. The highest BCUT2D eigenvalue weighted by Crippen LogP contribution is 2.22. The predicted octanol–water partition coefficient (Wildman–Crippen LogP) is 2.62. The van der Waals surface area contributed by atoms with Gasteiger partial charge in [-0.25, -0.2) is 0 Å². The highest BCUT2D eigenvalue weighted by molar-refractivity contribution is 7.08. The fourth-order valence-electron chi connectivity index (χ4n) is 1.82. The van der Waals surface area contributed by atoms with Gasteiger partial charge >= 0.3 is 0 Å². The van der Waals surface area contributed by atoms with Crippen LogP contribution in [0.25, 0.3) is 0 Å². The van der Waals surface area contributed by atoms with Crippen molar-refractivity contribution < 1.29 is 0 Å². The minimum atomic E-state index is 0. The Kier molecular flexibility index (Phi) is 5.36. The van der Waals surface area contributed by atoms with Gasteiger partial charge in [0.05, 0.1) is 5.02 Å². The average Bonchev–Trinajstić information content (AvgIpc) is 2.52. The predicted molar refractivity (Wildman–Crippen MR) is 69.3 cm³/mol. The van der Waals surface area contributed by atoms with Gasteiger partial charge in [0.2, 0.25) is 0 Å². The lowest BCUT2D eigenvalue weighted by atomic mass is 10.2. The van der Waals surface area contributed by atoms with Gasteiger partial charge in [-0.15, -0.1) is 12.4 Å². The number of halogens is 2. The van der Waals surface area contributed by atoms with E-state index in [9.17, 15) is 0 Å². The lowest BCUT2D eigenvalue weighted by molar-refractivity contribution is 0.200. The molecule has 0 radical (unpaired) electrons. The smallest absolute Gasteiger partial charge is 0.0557 e. The number of nitrogens with zero attached hydrogens (tertiary/aromatic N) is 1. The highest BCUT2D eigenvalue weighted by atomic mass is 35.5. The molecule has 0 amide bonds. The first-order valence-electron chi connectivity index (χ1n) is 4.92. The van der Waals surface area contributed by atoms with Crippen molar-refractivity contribution in [2.24, 2.45) is 0 Å². The second kappa shape index (κ2) is 6.06. The summed E-state index contributed by atoms with van der Waals surface area (Å²) in [7, 11) is 0. The SMILES string of the molecule is C[C@H]1CN(Cc2cscc2Cl)CCN1.Cl. The summed E-state index contributed by atoms with van der Waals surface area (Å²) in [4.78, 5) is 2.45. The fraction of sp³-hybridized carbons (Fsp3) is 0.600. The van der Waals surface area contributed by atoms with Gasteiger partial charge in [-0.1, -0.05) is 11.6 Å². The molecular formula is C10H16Cl2N2S. The van der Waals surface area contributed by atoms with E-state index in [-0.39, 0.29) is 12.4 Å². The zero-order valence-electron chi connectivity index (χ0n) is 8.70. The van der Waals surface area contributed by atoms with Crippen LogP contribution < -0.4 is 5.32 Å². The van der Waals surface area contributed by atoms with Gasteiger partial charge in [0.15, 0.2) is 0 Å². The van der Waals surface area contributed by atoms with Crippen LogP contribution in [-0.4, -0.2) is 30.6 Å². The Balaban J connectivity index is 0.00000112. The maximum Gasteiger partial charge on any atom is 0.0557 e. The van der Waals surface area contributed by atoms with E-state index in [4.69, 9.17) is 11.6 Å². The molecule has 0 saturated carbocycles. The first-order valence-corrected chi connectivity index (χ1v) is 6.24. The molecule has 0 aromatic carbocycles. The van der Waals surface area contributed by atoms with Gasteiger partial charge in [-0.05, 0) is 17.9 Å². The highest BCUT2D eigenvalue weighted by Gasteiger charge is 2.16. The van der Waals surface area contributed by atoms with Crippen molar-refractivity contribution in [1.29, 1.82) is 0 Å². The van der Waals surface area contributed by atoms with Crippen LogP contribution in [0, 0.1) is 0 Å². The normalized spacial score (nSPS) is 22.4. The van der Waals surface area contributed by atoms with E-state index in [1.807, 2.05) is 5.38 Å². The third-order valence-electron chi connectivity index (χ3n) is 2.54. The second-order valence-electron chi connectivity index (χ2n) is 3.84. The van der Waals surface area contributed by atoms with Gasteiger partial charge in [0.1, 0.15) is 0 Å². The first kappa shape index (κ1) is 13.3. The van der Waals surface area contributed by atoms with E-state index in [0.29, 0.717) is 6.04 Å². The molecule has 5 heteroatoms. The van der Waals surface area contributed by atoms with Crippen molar-refractivity contribution in [2.45, 2.75) is 19.5 Å². The van der Waals surface area contributed by atoms with Crippen molar-refractivity contribution in [1.82, 2.24) is 10.2 Å². The number of rotatable bonds is 2. The van der Waals surface area contributed by atoms with Gasteiger partial charge in [0.25, 0.3) is 0 Å². The molecule has 1 aromatic rings. The maximum absolute atomic E-state index is 6.06. The number of nitrogens with one attached hydrogen (secondary N) is 1. The number of hydrogen-bond acceptors (Lipinski definition) is 3. The molecule has 1 fully saturated rings. The van der Waals surface area contributed by atoms with E-state index < -0.39 is 0 Å². The van der Waals surface area contributed by atoms with E-state index in [0.717, 1.165) is 31.2 Å². The lowest BCUT2D eigenvalue weighted by Crippen LogP contribution is -2.48. The molecule has 0 unspecified atom stereocenters. The minimum absolute atomic E-state index is 0. The first-order chi connectivity index (χ1) is 6.75. The second-order valence-corrected chi connectivity index (χ2v) is 4.99. The quantitative estimate of drug-likeness (QED) is 0.886. The zero-order chi connectivity index (χ0) is 9.97. The Morgan fingerprint density at radius 2 is 2.40 bits per heavy atom. The Hall–Kier alpha value is 0.200. The molecule has 15 heavy (non-hydrogen) atoms. The standard InChI is InChI=1S/C10H15ClN2S.ClH/c1-8-4-13(3-2-12-8)5-9-6-14-7-10(9)11;/h6-8,12H,2-5H2,1H3;1H/t8-;/m0./s1. The number of hydrogen-bond donors (Lipinski definition) is 1. The minimum Gasteiger partial charge on any atom is -0.312 e. The molecule has 86 valence electrons. The van der Waals surface area contributed by atoms with Gasteiger partial charge < -0.3 is 5.32 Å². The average molecular weight is 267 g/mol. The van der Waals surface area contributed by atoms with Crippen molar-refractivity contribution >= 4 is 35.3 Å². The Labute approximate surface area is 106 Å². The third kappa shape index (κ3) is 3.61. The molecule has 1 aliphatic rings. The van der Waals surface area contributed by atoms with Crippen LogP contribution in [-0.2, 0) is 6.54 Å². The van der Waals surface area contributed by atoms with Crippen LogP contribution in [0.1, 0.15) is 12.5 Å². The largest absolute Gasteiger partial charge is 0.312 e. The zero-order valence-corrected chi connectivity index (χ0v) is 11.1. The summed E-state index contributed by atoms with van der Waals surface area (Å²) in [5, 5.41) is 8.50. The van der Waals surface area contributed by atoms with Crippen molar-refractivity contribution in [3.8, 4) is 0 Å². The lowest BCUT2D eigenvalue weighted by Gasteiger charge is -2.31. The van der Waals surface area contributed by atoms with Gasteiger partial charge in [0, 0.05) is 37.6 Å². The van der Waals surface area contributed by atoms with Crippen LogP contribution in [0.15, 0.2) is 10.8 Å². The van der Waals surface area contributed by atoms with Crippen LogP contribution in [0.2, 0.25) is 5.02 Å². The van der Waals surface area contributed by atoms with E-state index >= 15 is 0 Å². The molecule has 2 rings (SSSR count). The van der Waals surface area contributed by atoms with Crippen LogP contribution in [0.5, 0.6) is 0 Å². The molecule has 0 bridgehead atoms. The maximum atomic E-state index is 6.06. The Bertz CT molecular complexity index is 303. The van der Waals surface area contributed by atoms with E-state index in [1.165, 1.54) is 5.56 Å². The van der Waals surface area contributed by atoms with Crippen LogP contribution >= 0.6 is 35.3 Å². The summed E-state index contributed by atoms with van der Waals surface area (Å²) >= 11 is 7.74. The monoisotopic (exact) mass is 266 g/mol.